The van der Waals surface area contributed by atoms with Crippen LogP contribution in [0.1, 0.15) is 36.8 Å². The summed E-state index contributed by atoms with van der Waals surface area (Å²) < 4.78 is 13.8. The van der Waals surface area contributed by atoms with Crippen LogP contribution in [0, 0.1) is 0 Å². The predicted molar refractivity (Wildman–Crippen MR) is 247 cm³/mol. The van der Waals surface area contributed by atoms with Crippen molar-refractivity contribution >= 4 is 60.0 Å². The molecule has 0 atom stereocenters. The zero-order chi connectivity index (χ0) is 44.5. The third-order valence-electron chi connectivity index (χ3n) is 9.38. The number of amides is 3. The number of carbonyl (C=O) groups is 4. The Hall–Kier alpha value is -7.03. The molecule has 0 radical (unpaired) electrons. The number of benzene rings is 6. The zero-order valence-electron chi connectivity index (χ0n) is 34.5. The summed E-state index contributed by atoms with van der Waals surface area (Å²) in [6.45, 7) is 0.838. The van der Waals surface area contributed by atoms with E-state index in [0.29, 0.717) is 24.3 Å². The van der Waals surface area contributed by atoms with Gasteiger partial charge in [0.05, 0.1) is 19.5 Å². The largest absolute Gasteiger partial charge is 0.333 e. The van der Waals surface area contributed by atoms with E-state index < -0.39 is 32.8 Å². The Morgan fingerprint density at radius 3 is 1.52 bits per heavy atom. The van der Waals surface area contributed by atoms with Crippen LogP contribution in [0.3, 0.4) is 0 Å². The molecule has 1 N–H and O–H groups in total. The molecule has 0 spiro atoms. The first-order valence-electron chi connectivity index (χ1n) is 20.2. The van der Waals surface area contributed by atoms with Crippen molar-refractivity contribution in [3.8, 4) is 0 Å². The minimum absolute atomic E-state index is 0.103. The van der Waals surface area contributed by atoms with Crippen LogP contribution in [0.4, 0.5) is 0 Å². The molecule has 0 saturated carbocycles. The molecular formula is C48H47N7O6P2. The highest BCUT2D eigenvalue weighted by molar-refractivity contribution is 7.78. The van der Waals surface area contributed by atoms with Crippen LogP contribution in [0.5, 0.6) is 0 Å². The highest BCUT2D eigenvalue weighted by Gasteiger charge is 2.33. The summed E-state index contributed by atoms with van der Waals surface area (Å²) in [6.07, 6.45) is 1.29. The van der Waals surface area contributed by atoms with Crippen LogP contribution < -0.4 is 26.6 Å². The predicted octanol–water partition coefficient (Wildman–Crippen LogP) is 8.69. The fraction of sp³-hybridized carbons (Fsp3) is 0.167. The lowest BCUT2D eigenvalue weighted by Crippen LogP contribution is -2.32. The van der Waals surface area contributed by atoms with Gasteiger partial charge < -0.3 is 9.40 Å². The number of azide groups is 1. The van der Waals surface area contributed by atoms with E-state index in [1.165, 1.54) is 10.6 Å². The van der Waals surface area contributed by atoms with Gasteiger partial charge >= 0.3 is 5.97 Å². The molecule has 15 heteroatoms. The molecule has 1 heterocycles. The lowest BCUT2D eigenvalue weighted by atomic mass is 10.2. The van der Waals surface area contributed by atoms with E-state index in [9.17, 15) is 23.7 Å². The van der Waals surface area contributed by atoms with Crippen LogP contribution in [-0.4, -0.2) is 41.1 Å². The smallest absolute Gasteiger partial charge is 0.330 e. The third-order valence-corrected chi connectivity index (χ3v) is 15.0. The standard InChI is InChI=1S/C22H22N3O2P.C19H18NO4P.C7H7N3/c26-22(24-25-23-18-19-10-4-1-5-11-19)16-17-28(27,20-12-6-2-7-13-20)21-14-8-3-9-15-21;21-17-11-12-18(22)20(17)24-19(23)13-14-25(15-7-3-1-4-8-15)16-9-5-2-6-10-16;8-10-9-6-7-4-2-1-3-5-7/h1-15H,16-18H2,(H,23,24,26);1-10H,11-14H2;1-5H,6H2. The number of carbonyl (C=O) groups excluding carboxylic acids is 4. The molecule has 6 aromatic rings. The number of hydrogen-bond donors (Lipinski definition) is 1. The van der Waals surface area contributed by atoms with Gasteiger partial charge in [-0.15, -0.1) is 5.06 Å². The molecule has 320 valence electrons. The Kier molecular flexibility index (Phi) is 19.2. The molecule has 63 heavy (non-hydrogen) atoms. The monoisotopic (exact) mass is 879 g/mol. The Morgan fingerprint density at radius 2 is 1.06 bits per heavy atom. The molecule has 6 aromatic carbocycles. The van der Waals surface area contributed by atoms with Gasteiger partial charge in [0.25, 0.3) is 11.8 Å². The van der Waals surface area contributed by atoms with Crippen molar-refractivity contribution in [3.63, 3.8) is 0 Å². The van der Waals surface area contributed by atoms with Crippen LogP contribution in [-0.2, 0) is 41.7 Å². The molecule has 1 aliphatic rings. The van der Waals surface area contributed by atoms with Gasteiger partial charge in [0, 0.05) is 40.9 Å². The zero-order valence-corrected chi connectivity index (χ0v) is 36.3. The molecule has 1 fully saturated rings. The van der Waals surface area contributed by atoms with Crippen LogP contribution in [0.2, 0.25) is 0 Å². The normalized spacial score (nSPS) is 12.0. The summed E-state index contributed by atoms with van der Waals surface area (Å²) >= 11 is 0. The van der Waals surface area contributed by atoms with E-state index in [1.807, 2.05) is 158 Å². The summed E-state index contributed by atoms with van der Waals surface area (Å²) in [5.74, 6) is -1.76. The van der Waals surface area contributed by atoms with Crippen LogP contribution >= 0.6 is 15.1 Å². The summed E-state index contributed by atoms with van der Waals surface area (Å²) in [4.78, 5) is 55.0. The van der Waals surface area contributed by atoms with Crippen molar-refractivity contribution < 1.29 is 28.6 Å². The first-order valence-corrected chi connectivity index (χ1v) is 23.6. The summed E-state index contributed by atoms with van der Waals surface area (Å²) in [6, 6.07) is 58.0. The fourth-order valence-electron chi connectivity index (χ4n) is 6.18. The topological polar surface area (TPSA) is 183 Å². The van der Waals surface area contributed by atoms with Crippen molar-refractivity contribution in [2.24, 2.45) is 15.5 Å². The van der Waals surface area contributed by atoms with Crippen LogP contribution in [0.25, 0.3) is 10.4 Å². The molecular weight excluding hydrogens is 833 g/mol. The van der Waals surface area contributed by atoms with Gasteiger partial charge in [0.2, 0.25) is 5.91 Å². The maximum atomic E-state index is 13.8. The van der Waals surface area contributed by atoms with Crippen molar-refractivity contribution in [1.82, 2.24) is 10.5 Å². The molecule has 0 unspecified atom stereocenters. The van der Waals surface area contributed by atoms with E-state index in [0.717, 1.165) is 21.7 Å². The molecule has 13 nitrogen and oxygen atoms in total. The molecule has 1 aliphatic heterocycles. The fourth-order valence-corrected chi connectivity index (χ4v) is 11.1. The van der Waals surface area contributed by atoms with Gasteiger partial charge in [0.15, 0.2) is 0 Å². The highest BCUT2D eigenvalue weighted by atomic mass is 31.2. The molecule has 0 bridgehead atoms. The number of rotatable bonds is 16. The van der Waals surface area contributed by atoms with E-state index in [-0.39, 0.29) is 37.8 Å². The maximum absolute atomic E-state index is 13.8. The maximum Gasteiger partial charge on any atom is 0.333 e. The average molecular weight is 880 g/mol. The summed E-state index contributed by atoms with van der Waals surface area (Å²) in [5, 5.41) is 15.6. The van der Waals surface area contributed by atoms with Gasteiger partial charge in [-0.05, 0) is 41.4 Å². The minimum atomic E-state index is -2.90. The van der Waals surface area contributed by atoms with Crippen molar-refractivity contribution in [2.75, 3.05) is 12.3 Å². The lowest BCUT2D eigenvalue weighted by molar-refractivity contribution is -0.197. The summed E-state index contributed by atoms with van der Waals surface area (Å²) in [7, 11) is -3.61. The number of hydroxylamine groups is 2. The van der Waals surface area contributed by atoms with Crippen molar-refractivity contribution in [1.29, 1.82) is 0 Å². The quantitative estimate of drug-likeness (QED) is 0.0253. The average Bonchev–Trinajstić information content (AvgIpc) is 3.66. The molecule has 0 aliphatic carbocycles. The number of nitrogens with zero attached hydrogens (tertiary/aromatic N) is 6. The first kappa shape index (κ1) is 47.0. The SMILES string of the molecule is O=C(CCP(=O)(c1ccccc1)c1ccccc1)NN=NCc1ccccc1.O=C(CCP(c1ccccc1)c1ccccc1)ON1C(=O)CCC1=O.[N-]=[N+]=NCc1ccccc1. The molecule has 1 saturated heterocycles. The van der Waals surface area contributed by atoms with Gasteiger partial charge in [-0.2, -0.15) is 5.11 Å². The molecule has 0 aromatic heterocycles. The Labute approximate surface area is 367 Å². The van der Waals surface area contributed by atoms with Gasteiger partial charge in [0.1, 0.15) is 7.14 Å². The second kappa shape index (κ2) is 25.7. The summed E-state index contributed by atoms with van der Waals surface area (Å²) in [5.41, 5.74) is 12.5. The van der Waals surface area contributed by atoms with Crippen molar-refractivity contribution in [3.05, 3.63) is 204 Å². The second-order valence-corrected chi connectivity index (χ2v) is 19.1. The number of hydrogen-bond acceptors (Lipinski definition) is 9. The van der Waals surface area contributed by atoms with Crippen molar-refractivity contribution in [2.45, 2.75) is 38.8 Å². The first-order chi connectivity index (χ1) is 30.8. The Balaban J connectivity index is 0.000000196. The van der Waals surface area contributed by atoms with E-state index in [4.69, 9.17) is 10.4 Å². The second-order valence-electron chi connectivity index (χ2n) is 13.8. The molecule has 7 rings (SSSR count). The van der Waals surface area contributed by atoms with Gasteiger partial charge in [-0.1, -0.05) is 192 Å². The minimum Gasteiger partial charge on any atom is -0.330 e. The van der Waals surface area contributed by atoms with E-state index >= 15 is 0 Å². The van der Waals surface area contributed by atoms with E-state index in [2.05, 4.69) is 50.1 Å². The third kappa shape index (κ3) is 15.4. The molecule has 3 amide bonds. The van der Waals surface area contributed by atoms with Crippen LogP contribution in [0.15, 0.2) is 197 Å². The highest BCUT2D eigenvalue weighted by Crippen LogP contribution is 2.43. The van der Waals surface area contributed by atoms with Gasteiger partial charge in [-0.3, -0.25) is 14.4 Å². The van der Waals surface area contributed by atoms with Gasteiger partial charge in [-0.25, -0.2) is 10.2 Å². The Morgan fingerprint density at radius 1 is 0.635 bits per heavy atom. The number of nitrogens with one attached hydrogen (secondary N) is 1. The number of imide groups is 1. The lowest BCUT2D eigenvalue weighted by Gasteiger charge is -2.19. The Bertz CT molecular complexity index is 2380. The van der Waals surface area contributed by atoms with E-state index in [1.54, 1.807) is 0 Å².